The van der Waals surface area contributed by atoms with E-state index in [2.05, 4.69) is 5.32 Å². The Hall–Kier alpha value is -1.26. The van der Waals surface area contributed by atoms with Gasteiger partial charge in [-0.1, -0.05) is 18.2 Å². The lowest BCUT2D eigenvalue weighted by molar-refractivity contribution is -0.118. The van der Waals surface area contributed by atoms with Crippen LogP contribution in [-0.2, 0) is 11.3 Å². The van der Waals surface area contributed by atoms with E-state index in [9.17, 15) is 9.90 Å². The third-order valence-electron chi connectivity index (χ3n) is 2.15. The maximum Gasteiger partial charge on any atom is 0.235 e. The summed E-state index contributed by atoms with van der Waals surface area (Å²) in [5.74, 6) is 0.357. The number of hydrogen-bond acceptors (Lipinski definition) is 3. The largest absolute Gasteiger partial charge is 0.490 e. The molecular weight excluding hydrogens is 254 g/mol. The van der Waals surface area contributed by atoms with Crippen LogP contribution in [0.3, 0.4) is 0 Å². The van der Waals surface area contributed by atoms with Gasteiger partial charge in [0.15, 0.2) is 0 Å². The second-order valence-corrected chi connectivity index (χ2v) is 4.89. The maximum absolute atomic E-state index is 11.1. The Labute approximate surface area is 112 Å². The van der Waals surface area contributed by atoms with Crippen molar-refractivity contribution < 1.29 is 14.6 Å². The summed E-state index contributed by atoms with van der Waals surface area (Å²) in [4.78, 5) is 11.1. The van der Waals surface area contributed by atoms with Crippen molar-refractivity contribution in [1.82, 2.24) is 5.32 Å². The van der Waals surface area contributed by atoms with Crippen molar-refractivity contribution in [3.63, 3.8) is 0 Å². The predicted molar refractivity (Wildman–Crippen MR) is 70.8 cm³/mol. The van der Waals surface area contributed by atoms with Crippen molar-refractivity contribution >= 4 is 17.5 Å². The van der Waals surface area contributed by atoms with Gasteiger partial charge in [0, 0.05) is 12.1 Å². The molecule has 0 aliphatic rings. The molecule has 0 heterocycles. The highest BCUT2D eigenvalue weighted by molar-refractivity contribution is 6.27. The molecule has 0 saturated carbocycles. The van der Waals surface area contributed by atoms with Gasteiger partial charge in [-0.05, 0) is 19.9 Å². The van der Waals surface area contributed by atoms with E-state index in [1.807, 2.05) is 18.2 Å². The molecule has 18 heavy (non-hydrogen) atoms. The number of nitrogens with one attached hydrogen (secondary N) is 1. The molecule has 2 N–H and O–H groups in total. The first-order chi connectivity index (χ1) is 8.42. The van der Waals surface area contributed by atoms with E-state index in [0.29, 0.717) is 12.3 Å². The van der Waals surface area contributed by atoms with E-state index < -0.39 is 5.60 Å². The molecule has 0 aromatic heterocycles. The van der Waals surface area contributed by atoms with Crippen LogP contribution < -0.4 is 10.1 Å². The van der Waals surface area contributed by atoms with Crippen LogP contribution in [-0.4, -0.2) is 29.1 Å². The zero-order valence-electron chi connectivity index (χ0n) is 10.6. The number of amides is 1. The molecule has 0 unspecified atom stereocenters. The summed E-state index contributed by atoms with van der Waals surface area (Å²) in [6, 6.07) is 7.36. The molecule has 0 aliphatic carbocycles. The Morgan fingerprint density at radius 3 is 2.72 bits per heavy atom. The lowest BCUT2D eigenvalue weighted by Crippen LogP contribution is -2.28. The maximum atomic E-state index is 11.1. The van der Waals surface area contributed by atoms with Crippen LogP contribution >= 0.6 is 11.6 Å². The van der Waals surface area contributed by atoms with Gasteiger partial charge in [-0.3, -0.25) is 4.79 Å². The first-order valence-corrected chi connectivity index (χ1v) is 6.21. The molecule has 1 rings (SSSR count). The number of carbonyl (C=O) groups is 1. The second kappa shape index (κ2) is 6.61. The minimum absolute atomic E-state index is 0.0628. The van der Waals surface area contributed by atoms with E-state index in [1.54, 1.807) is 19.9 Å². The van der Waals surface area contributed by atoms with Crippen LogP contribution in [0.1, 0.15) is 19.4 Å². The molecule has 100 valence electrons. The van der Waals surface area contributed by atoms with Crippen LogP contribution in [0.2, 0.25) is 0 Å². The van der Waals surface area contributed by atoms with Gasteiger partial charge in [-0.2, -0.15) is 0 Å². The number of carbonyl (C=O) groups excluding carboxylic acids is 1. The summed E-state index contributed by atoms with van der Waals surface area (Å²) in [6.07, 6.45) is 0. The topological polar surface area (TPSA) is 58.6 Å². The van der Waals surface area contributed by atoms with Gasteiger partial charge in [0.2, 0.25) is 5.91 Å². The molecule has 0 bridgehead atoms. The molecule has 0 atom stereocenters. The number of ether oxygens (including phenoxy) is 1. The van der Waals surface area contributed by atoms with E-state index in [-0.39, 0.29) is 18.4 Å². The predicted octanol–water partition coefficient (Wildman–Crippen LogP) is 1.69. The van der Waals surface area contributed by atoms with E-state index in [1.165, 1.54) is 0 Å². The average molecular weight is 272 g/mol. The summed E-state index contributed by atoms with van der Waals surface area (Å²) in [5, 5.41) is 12.3. The highest BCUT2D eigenvalue weighted by Crippen LogP contribution is 2.19. The fourth-order valence-corrected chi connectivity index (χ4v) is 1.38. The van der Waals surface area contributed by atoms with Crippen LogP contribution in [0.4, 0.5) is 0 Å². The molecule has 1 aromatic carbocycles. The minimum Gasteiger partial charge on any atom is -0.490 e. The Balaban J connectivity index is 2.64. The van der Waals surface area contributed by atoms with Crippen molar-refractivity contribution in [2.75, 3.05) is 12.5 Å². The number of para-hydroxylation sites is 1. The number of halogens is 1. The van der Waals surface area contributed by atoms with Crippen molar-refractivity contribution in [3.8, 4) is 5.75 Å². The Bertz CT molecular complexity index is 401. The van der Waals surface area contributed by atoms with E-state index in [4.69, 9.17) is 16.3 Å². The quantitative estimate of drug-likeness (QED) is 0.774. The fraction of sp³-hybridized carbons (Fsp3) is 0.462. The van der Waals surface area contributed by atoms with Crippen molar-refractivity contribution in [1.29, 1.82) is 0 Å². The molecule has 4 nitrogen and oxygen atoms in total. The van der Waals surface area contributed by atoms with Crippen molar-refractivity contribution in [3.05, 3.63) is 29.8 Å². The van der Waals surface area contributed by atoms with Crippen LogP contribution in [0.15, 0.2) is 24.3 Å². The van der Waals surface area contributed by atoms with Crippen LogP contribution in [0, 0.1) is 0 Å². The lowest BCUT2D eigenvalue weighted by Gasteiger charge is -2.19. The third-order valence-corrected chi connectivity index (χ3v) is 2.39. The first kappa shape index (κ1) is 14.8. The van der Waals surface area contributed by atoms with Crippen molar-refractivity contribution in [2.45, 2.75) is 26.0 Å². The molecule has 1 aromatic rings. The van der Waals surface area contributed by atoms with Crippen LogP contribution in [0.25, 0.3) is 0 Å². The van der Waals surface area contributed by atoms with Gasteiger partial charge in [-0.15, -0.1) is 11.6 Å². The lowest BCUT2D eigenvalue weighted by atomic mass is 10.1. The Morgan fingerprint density at radius 1 is 1.44 bits per heavy atom. The number of benzene rings is 1. The summed E-state index contributed by atoms with van der Waals surface area (Å²) in [5.41, 5.74) is -0.0489. The standard InChI is InChI=1S/C13H18ClNO3/c1-13(2,17)9-18-11-6-4-3-5-10(11)8-15-12(16)7-14/h3-6,17H,7-9H2,1-2H3,(H,15,16). The smallest absolute Gasteiger partial charge is 0.235 e. The van der Waals surface area contributed by atoms with Crippen LogP contribution in [0.5, 0.6) is 5.75 Å². The Kier molecular flexibility index (Phi) is 5.44. The first-order valence-electron chi connectivity index (χ1n) is 5.68. The monoisotopic (exact) mass is 271 g/mol. The zero-order valence-corrected chi connectivity index (χ0v) is 11.3. The highest BCUT2D eigenvalue weighted by atomic mass is 35.5. The fourth-order valence-electron chi connectivity index (χ4n) is 1.29. The molecule has 0 saturated heterocycles. The molecular formula is C13H18ClNO3. The van der Waals surface area contributed by atoms with Gasteiger partial charge in [0.05, 0.1) is 5.60 Å². The molecule has 0 aliphatic heterocycles. The SMILES string of the molecule is CC(C)(O)COc1ccccc1CNC(=O)CCl. The average Bonchev–Trinajstić information content (AvgIpc) is 2.33. The van der Waals surface area contributed by atoms with Gasteiger partial charge < -0.3 is 15.2 Å². The second-order valence-electron chi connectivity index (χ2n) is 4.62. The molecule has 0 spiro atoms. The minimum atomic E-state index is -0.896. The van der Waals surface area contributed by atoms with Gasteiger partial charge in [0.25, 0.3) is 0 Å². The van der Waals surface area contributed by atoms with E-state index in [0.717, 1.165) is 5.56 Å². The summed E-state index contributed by atoms with van der Waals surface area (Å²) in [6.45, 7) is 3.89. The van der Waals surface area contributed by atoms with Crippen molar-refractivity contribution in [2.24, 2.45) is 0 Å². The summed E-state index contributed by atoms with van der Waals surface area (Å²) in [7, 11) is 0. The highest BCUT2D eigenvalue weighted by Gasteiger charge is 2.14. The number of hydrogen-bond donors (Lipinski definition) is 2. The molecule has 0 fully saturated rings. The number of alkyl halides is 1. The third kappa shape index (κ3) is 5.38. The molecule has 0 radical (unpaired) electrons. The normalized spacial score (nSPS) is 11.1. The number of rotatable bonds is 6. The molecule has 5 heteroatoms. The Morgan fingerprint density at radius 2 is 2.11 bits per heavy atom. The summed E-state index contributed by atoms with van der Waals surface area (Å²) >= 11 is 5.40. The van der Waals surface area contributed by atoms with E-state index >= 15 is 0 Å². The van der Waals surface area contributed by atoms with Gasteiger partial charge >= 0.3 is 0 Å². The molecule has 1 amide bonds. The number of aliphatic hydroxyl groups is 1. The zero-order chi connectivity index (χ0) is 13.6. The van der Waals surface area contributed by atoms with Gasteiger partial charge in [-0.25, -0.2) is 0 Å². The summed E-state index contributed by atoms with van der Waals surface area (Å²) < 4.78 is 5.53. The van der Waals surface area contributed by atoms with Gasteiger partial charge in [0.1, 0.15) is 18.2 Å².